The average Bonchev–Trinajstić information content (AvgIpc) is 3.13. The molecule has 0 radical (unpaired) electrons. The predicted octanol–water partition coefficient (Wildman–Crippen LogP) is 1.48. The van der Waals surface area contributed by atoms with Gasteiger partial charge in [-0.1, -0.05) is 6.07 Å². The molecule has 1 aromatic carbocycles. The fourth-order valence-corrected chi connectivity index (χ4v) is 2.65. The lowest BCUT2D eigenvalue weighted by Gasteiger charge is -2.20. The van der Waals surface area contributed by atoms with Gasteiger partial charge in [0.25, 0.3) is 0 Å². The van der Waals surface area contributed by atoms with E-state index in [1.165, 1.54) is 18.9 Å². The third kappa shape index (κ3) is 3.68. The van der Waals surface area contributed by atoms with Crippen LogP contribution in [0.1, 0.15) is 18.4 Å². The first-order valence-electron chi connectivity index (χ1n) is 6.30. The first kappa shape index (κ1) is 14.3. The van der Waals surface area contributed by atoms with Gasteiger partial charge in [-0.15, -0.1) is 0 Å². The average molecular weight is 284 g/mol. The lowest BCUT2D eigenvalue weighted by atomic mass is 10.1. The number of nitrogens with two attached hydrogens (primary N) is 1. The summed E-state index contributed by atoms with van der Waals surface area (Å²) in [6.07, 6.45) is 2.38. The zero-order chi connectivity index (χ0) is 14.0. The van der Waals surface area contributed by atoms with Gasteiger partial charge in [-0.05, 0) is 43.4 Å². The Hall–Kier alpha value is -1.11. The number of aryl methyl sites for hydroxylation is 1. The summed E-state index contributed by atoms with van der Waals surface area (Å²) in [6, 6.07) is 5.10. The van der Waals surface area contributed by atoms with Gasteiger partial charge in [-0.3, -0.25) is 0 Å². The van der Waals surface area contributed by atoms with Crippen LogP contribution in [-0.2, 0) is 14.8 Å². The SMILES string of the molecule is COCC(Nc1cc(S(N)(=O)=O)ccc1C)C1CC1. The quantitative estimate of drug-likeness (QED) is 0.829. The van der Waals surface area contributed by atoms with Crippen LogP contribution in [0, 0.1) is 12.8 Å². The monoisotopic (exact) mass is 284 g/mol. The van der Waals surface area contributed by atoms with Crippen molar-refractivity contribution in [2.45, 2.75) is 30.7 Å². The molecule has 0 bridgehead atoms. The Morgan fingerprint density at radius 3 is 2.68 bits per heavy atom. The Morgan fingerprint density at radius 1 is 1.47 bits per heavy atom. The van der Waals surface area contributed by atoms with Crippen LogP contribution in [0.15, 0.2) is 23.1 Å². The van der Waals surface area contributed by atoms with Crippen molar-refractivity contribution in [3.63, 3.8) is 0 Å². The van der Waals surface area contributed by atoms with Gasteiger partial charge in [0.15, 0.2) is 0 Å². The fourth-order valence-electron chi connectivity index (χ4n) is 2.11. The van der Waals surface area contributed by atoms with E-state index in [1.807, 2.05) is 6.92 Å². The smallest absolute Gasteiger partial charge is 0.238 e. The van der Waals surface area contributed by atoms with E-state index in [0.717, 1.165) is 11.3 Å². The van der Waals surface area contributed by atoms with Gasteiger partial charge >= 0.3 is 0 Å². The summed E-state index contributed by atoms with van der Waals surface area (Å²) >= 11 is 0. The molecule has 1 unspecified atom stereocenters. The van der Waals surface area contributed by atoms with Gasteiger partial charge in [0, 0.05) is 12.8 Å². The number of nitrogens with one attached hydrogen (secondary N) is 1. The first-order chi connectivity index (χ1) is 8.91. The van der Waals surface area contributed by atoms with E-state index in [4.69, 9.17) is 9.88 Å². The normalized spacial score (nSPS) is 17.2. The number of sulfonamides is 1. The minimum atomic E-state index is -3.67. The summed E-state index contributed by atoms with van der Waals surface area (Å²) in [7, 11) is -1.99. The van der Waals surface area contributed by atoms with Crippen LogP contribution in [0.2, 0.25) is 0 Å². The summed E-state index contributed by atoms with van der Waals surface area (Å²) < 4.78 is 28.0. The maximum Gasteiger partial charge on any atom is 0.238 e. The molecule has 1 aliphatic carbocycles. The van der Waals surface area contributed by atoms with Crippen molar-refractivity contribution in [3.8, 4) is 0 Å². The number of hydrogen-bond acceptors (Lipinski definition) is 4. The molecule has 1 aromatic rings. The zero-order valence-corrected chi connectivity index (χ0v) is 12.0. The number of benzene rings is 1. The van der Waals surface area contributed by atoms with Gasteiger partial charge in [-0.25, -0.2) is 13.6 Å². The van der Waals surface area contributed by atoms with E-state index >= 15 is 0 Å². The molecule has 5 nitrogen and oxygen atoms in total. The minimum absolute atomic E-state index is 0.132. The lowest BCUT2D eigenvalue weighted by molar-refractivity contribution is 0.179. The molecule has 0 aliphatic heterocycles. The van der Waals surface area contributed by atoms with Crippen molar-refractivity contribution in [3.05, 3.63) is 23.8 Å². The standard InChI is InChI=1S/C13H20N2O3S/c1-9-3-6-11(19(14,16)17)7-12(9)15-13(8-18-2)10-4-5-10/h3,6-7,10,13,15H,4-5,8H2,1-2H3,(H2,14,16,17). The molecule has 2 rings (SSSR count). The Bertz CT molecular complexity index is 553. The highest BCUT2D eigenvalue weighted by atomic mass is 32.2. The van der Waals surface area contributed by atoms with Crippen molar-refractivity contribution in [2.24, 2.45) is 11.1 Å². The number of ether oxygens (including phenoxy) is 1. The molecular formula is C13H20N2O3S. The third-order valence-electron chi connectivity index (χ3n) is 3.42. The molecular weight excluding hydrogens is 264 g/mol. The van der Waals surface area contributed by atoms with Crippen molar-refractivity contribution < 1.29 is 13.2 Å². The number of hydrogen-bond donors (Lipinski definition) is 2. The molecule has 1 fully saturated rings. The minimum Gasteiger partial charge on any atom is -0.383 e. The summed E-state index contributed by atoms with van der Waals surface area (Å²) in [5.41, 5.74) is 1.80. The van der Waals surface area contributed by atoms with Crippen LogP contribution in [0.5, 0.6) is 0 Å². The molecule has 6 heteroatoms. The number of rotatable bonds is 6. The van der Waals surface area contributed by atoms with Crippen molar-refractivity contribution in [1.82, 2.24) is 0 Å². The Kier molecular flexibility index (Phi) is 4.13. The zero-order valence-electron chi connectivity index (χ0n) is 11.2. The van der Waals surface area contributed by atoms with E-state index < -0.39 is 10.0 Å². The summed E-state index contributed by atoms with van der Waals surface area (Å²) in [6.45, 7) is 2.55. The van der Waals surface area contributed by atoms with Crippen molar-refractivity contribution in [1.29, 1.82) is 0 Å². The van der Waals surface area contributed by atoms with Crippen molar-refractivity contribution in [2.75, 3.05) is 19.0 Å². The van der Waals surface area contributed by atoms with E-state index in [2.05, 4.69) is 5.32 Å². The van der Waals surface area contributed by atoms with Gasteiger partial charge < -0.3 is 10.1 Å². The molecule has 3 N–H and O–H groups in total. The molecule has 1 aliphatic rings. The topological polar surface area (TPSA) is 81.4 Å². The summed E-state index contributed by atoms with van der Waals surface area (Å²) in [5, 5.41) is 8.53. The Morgan fingerprint density at radius 2 is 2.16 bits per heavy atom. The second-order valence-electron chi connectivity index (χ2n) is 5.07. The molecule has 0 amide bonds. The molecule has 1 atom stereocenters. The molecule has 0 heterocycles. The largest absolute Gasteiger partial charge is 0.383 e. The van der Waals surface area contributed by atoms with Crippen LogP contribution in [0.3, 0.4) is 0 Å². The van der Waals surface area contributed by atoms with Crippen LogP contribution >= 0.6 is 0 Å². The highest BCUT2D eigenvalue weighted by Crippen LogP contribution is 2.35. The van der Waals surface area contributed by atoms with Gasteiger partial charge in [0.1, 0.15) is 0 Å². The summed E-state index contributed by atoms with van der Waals surface area (Å²) in [4.78, 5) is 0.132. The molecule has 0 saturated heterocycles. The molecule has 19 heavy (non-hydrogen) atoms. The van der Waals surface area contributed by atoms with Gasteiger partial charge in [0.05, 0.1) is 17.5 Å². The molecule has 0 aromatic heterocycles. The van der Waals surface area contributed by atoms with Crippen LogP contribution in [-0.4, -0.2) is 28.2 Å². The molecule has 0 spiro atoms. The van der Waals surface area contributed by atoms with Gasteiger partial charge in [0.2, 0.25) is 10.0 Å². The maximum absolute atomic E-state index is 11.4. The van der Waals surface area contributed by atoms with Crippen LogP contribution < -0.4 is 10.5 Å². The number of anilines is 1. The van der Waals surface area contributed by atoms with E-state index in [0.29, 0.717) is 12.5 Å². The second-order valence-corrected chi connectivity index (χ2v) is 6.63. The van der Waals surface area contributed by atoms with Crippen LogP contribution in [0.25, 0.3) is 0 Å². The van der Waals surface area contributed by atoms with E-state index in [1.54, 1.807) is 19.2 Å². The fraction of sp³-hybridized carbons (Fsp3) is 0.538. The highest BCUT2D eigenvalue weighted by molar-refractivity contribution is 7.89. The third-order valence-corrected chi connectivity index (χ3v) is 4.33. The van der Waals surface area contributed by atoms with Crippen molar-refractivity contribution >= 4 is 15.7 Å². The maximum atomic E-state index is 11.4. The Balaban J connectivity index is 2.23. The molecule has 1 saturated carbocycles. The lowest BCUT2D eigenvalue weighted by Crippen LogP contribution is -2.27. The second kappa shape index (κ2) is 5.48. The predicted molar refractivity (Wildman–Crippen MR) is 74.6 cm³/mol. The number of primary sulfonamides is 1. The Labute approximate surface area is 114 Å². The molecule has 106 valence electrons. The van der Waals surface area contributed by atoms with Gasteiger partial charge in [-0.2, -0.15) is 0 Å². The highest BCUT2D eigenvalue weighted by Gasteiger charge is 2.31. The van der Waals surface area contributed by atoms with E-state index in [9.17, 15) is 8.42 Å². The summed E-state index contributed by atoms with van der Waals surface area (Å²) in [5.74, 6) is 0.609. The van der Waals surface area contributed by atoms with Crippen LogP contribution in [0.4, 0.5) is 5.69 Å². The number of methoxy groups -OCH3 is 1. The first-order valence-corrected chi connectivity index (χ1v) is 7.85. The van der Waals surface area contributed by atoms with E-state index in [-0.39, 0.29) is 10.9 Å².